The van der Waals surface area contributed by atoms with E-state index in [2.05, 4.69) is 0 Å². The number of likely N-dealkylation sites (N-methyl/N-ethyl adjacent to an activating group) is 1. The third kappa shape index (κ3) is 3.18. The Morgan fingerprint density at radius 3 is 2.50 bits per heavy atom. The van der Waals surface area contributed by atoms with Crippen molar-refractivity contribution in [3.63, 3.8) is 0 Å². The first kappa shape index (κ1) is 8.02. The van der Waals surface area contributed by atoms with Gasteiger partial charge in [-0.25, -0.2) is 0 Å². The fourth-order valence-electron chi connectivity index (χ4n) is 1.23. The van der Waals surface area contributed by atoms with Gasteiger partial charge >= 0.3 is 0 Å². The van der Waals surface area contributed by atoms with Crippen molar-refractivity contribution in [1.29, 1.82) is 0 Å². The Kier molecular flexibility index (Phi) is 2.69. The predicted octanol–water partition coefficient (Wildman–Crippen LogP) is 0.709. The highest BCUT2D eigenvalue weighted by Gasteiger charge is 2.24. The molecule has 2 nitrogen and oxygen atoms in total. The van der Waals surface area contributed by atoms with E-state index in [0.717, 1.165) is 18.9 Å². The fraction of sp³-hybridized carbons (Fsp3) is 1.00. The average molecular weight is 143 g/mol. The zero-order valence-electron chi connectivity index (χ0n) is 6.88. The van der Waals surface area contributed by atoms with Gasteiger partial charge in [0.15, 0.2) is 0 Å². The summed E-state index contributed by atoms with van der Waals surface area (Å²) in [7, 11) is 3.99. The molecule has 1 unspecified atom stereocenters. The molecule has 0 spiro atoms. The zero-order valence-corrected chi connectivity index (χ0v) is 6.88. The Morgan fingerprint density at radius 2 is 2.10 bits per heavy atom. The lowest BCUT2D eigenvalue weighted by Gasteiger charge is -2.14. The van der Waals surface area contributed by atoms with E-state index < -0.39 is 0 Å². The Hall–Kier alpha value is -0.0800. The largest absolute Gasteiger partial charge is 0.392 e. The smallest absolute Gasteiger partial charge is 0.0669 e. The molecule has 0 saturated heterocycles. The van der Waals surface area contributed by atoms with Crippen molar-refractivity contribution >= 4 is 0 Å². The second kappa shape index (κ2) is 3.35. The quantitative estimate of drug-likeness (QED) is 0.626. The molecule has 0 radical (unpaired) electrons. The normalized spacial score (nSPS) is 21.6. The van der Waals surface area contributed by atoms with Crippen LogP contribution < -0.4 is 0 Å². The van der Waals surface area contributed by atoms with Crippen LogP contribution >= 0.6 is 0 Å². The third-order valence-corrected chi connectivity index (χ3v) is 1.88. The topological polar surface area (TPSA) is 23.5 Å². The summed E-state index contributed by atoms with van der Waals surface area (Å²) >= 11 is 0. The summed E-state index contributed by atoms with van der Waals surface area (Å²) in [5, 5.41) is 9.39. The van der Waals surface area contributed by atoms with Crippen molar-refractivity contribution in [2.24, 2.45) is 5.92 Å². The highest BCUT2D eigenvalue weighted by atomic mass is 16.3. The molecule has 1 aliphatic rings. The van der Waals surface area contributed by atoms with Crippen molar-refractivity contribution in [3.8, 4) is 0 Å². The molecular formula is C8H17NO. The molecule has 1 aliphatic carbocycles. The van der Waals surface area contributed by atoms with E-state index in [1.807, 2.05) is 19.0 Å². The van der Waals surface area contributed by atoms with Gasteiger partial charge in [-0.1, -0.05) is 12.8 Å². The first-order valence-corrected chi connectivity index (χ1v) is 4.01. The van der Waals surface area contributed by atoms with Crippen LogP contribution in [-0.2, 0) is 0 Å². The monoisotopic (exact) mass is 143 g/mol. The maximum absolute atomic E-state index is 9.39. The van der Waals surface area contributed by atoms with Gasteiger partial charge < -0.3 is 10.0 Å². The van der Waals surface area contributed by atoms with Crippen molar-refractivity contribution < 1.29 is 5.11 Å². The van der Waals surface area contributed by atoms with Gasteiger partial charge in [-0.2, -0.15) is 0 Å². The van der Waals surface area contributed by atoms with Crippen LogP contribution in [0.1, 0.15) is 19.3 Å². The Labute approximate surface area is 62.8 Å². The van der Waals surface area contributed by atoms with Gasteiger partial charge in [0.2, 0.25) is 0 Å². The van der Waals surface area contributed by atoms with Crippen LogP contribution in [0.4, 0.5) is 0 Å². The minimum absolute atomic E-state index is 0.0949. The lowest BCUT2D eigenvalue weighted by molar-refractivity contribution is 0.123. The van der Waals surface area contributed by atoms with E-state index in [0.29, 0.717) is 0 Å². The maximum atomic E-state index is 9.39. The number of rotatable bonds is 4. The Morgan fingerprint density at radius 1 is 1.50 bits per heavy atom. The molecule has 1 fully saturated rings. The first-order valence-electron chi connectivity index (χ1n) is 4.01. The number of hydrogen-bond acceptors (Lipinski definition) is 2. The molecule has 1 N–H and O–H groups in total. The van der Waals surface area contributed by atoms with Gasteiger partial charge in [-0.05, 0) is 26.4 Å². The molecule has 1 saturated carbocycles. The predicted molar refractivity (Wildman–Crippen MR) is 41.9 cm³/mol. The lowest BCUT2D eigenvalue weighted by atomic mass is 10.2. The summed E-state index contributed by atoms with van der Waals surface area (Å²) in [5.74, 6) is 0.843. The average Bonchev–Trinajstić information content (AvgIpc) is 2.46. The summed E-state index contributed by atoms with van der Waals surface area (Å²) in [6.07, 6.45) is 3.59. The molecule has 0 aromatic heterocycles. The van der Waals surface area contributed by atoms with E-state index >= 15 is 0 Å². The van der Waals surface area contributed by atoms with Crippen LogP contribution in [0, 0.1) is 5.92 Å². The maximum Gasteiger partial charge on any atom is 0.0669 e. The number of aliphatic hydroxyl groups excluding tert-OH is 1. The van der Waals surface area contributed by atoms with E-state index in [4.69, 9.17) is 0 Å². The second-order valence-electron chi connectivity index (χ2n) is 3.60. The molecule has 0 aliphatic heterocycles. The van der Waals surface area contributed by atoms with Gasteiger partial charge in [0.1, 0.15) is 0 Å². The molecule has 1 atom stereocenters. The summed E-state index contributed by atoms with van der Waals surface area (Å²) in [4.78, 5) is 2.03. The van der Waals surface area contributed by atoms with E-state index in [9.17, 15) is 5.11 Å². The highest BCUT2D eigenvalue weighted by molar-refractivity contribution is 4.77. The van der Waals surface area contributed by atoms with Crippen molar-refractivity contribution in [1.82, 2.24) is 4.90 Å². The molecule has 10 heavy (non-hydrogen) atoms. The molecule has 1 rings (SSSR count). The van der Waals surface area contributed by atoms with Crippen LogP contribution in [0.5, 0.6) is 0 Å². The Balaban J connectivity index is 2.02. The Bertz CT molecular complexity index is 95.4. The molecule has 0 amide bonds. The number of aliphatic hydroxyl groups is 1. The van der Waals surface area contributed by atoms with E-state index in [1.165, 1.54) is 12.8 Å². The summed E-state index contributed by atoms with van der Waals surface area (Å²) in [5.41, 5.74) is 0. The van der Waals surface area contributed by atoms with Gasteiger partial charge in [-0.3, -0.25) is 0 Å². The highest BCUT2D eigenvalue weighted by Crippen LogP contribution is 2.33. The van der Waals surface area contributed by atoms with E-state index in [1.54, 1.807) is 0 Å². The second-order valence-corrected chi connectivity index (χ2v) is 3.60. The van der Waals surface area contributed by atoms with Crippen LogP contribution in [0.25, 0.3) is 0 Å². The SMILES string of the molecule is CN(C)CC(O)CC1CC1. The third-order valence-electron chi connectivity index (χ3n) is 1.88. The lowest BCUT2D eigenvalue weighted by Crippen LogP contribution is -2.25. The van der Waals surface area contributed by atoms with Crippen molar-refractivity contribution in [2.75, 3.05) is 20.6 Å². The van der Waals surface area contributed by atoms with Crippen LogP contribution in [0.15, 0.2) is 0 Å². The van der Waals surface area contributed by atoms with Crippen LogP contribution in [-0.4, -0.2) is 36.8 Å². The standard InChI is InChI=1S/C8H17NO/c1-9(2)6-8(10)5-7-3-4-7/h7-8,10H,3-6H2,1-2H3. The summed E-state index contributed by atoms with van der Waals surface area (Å²) < 4.78 is 0. The molecule has 2 heteroatoms. The van der Waals surface area contributed by atoms with Gasteiger partial charge in [0, 0.05) is 6.54 Å². The summed E-state index contributed by atoms with van der Waals surface area (Å²) in [6.45, 7) is 0.816. The molecule has 60 valence electrons. The van der Waals surface area contributed by atoms with E-state index in [-0.39, 0.29) is 6.10 Å². The molecular weight excluding hydrogens is 126 g/mol. The first-order chi connectivity index (χ1) is 4.68. The summed E-state index contributed by atoms with van der Waals surface area (Å²) in [6, 6.07) is 0. The van der Waals surface area contributed by atoms with Crippen LogP contribution in [0.2, 0.25) is 0 Å². The fourth-order valence-corrected chi connectivity index (χ4v) is 1.23. The minimum Gasteiger partial charge on any atom is -0.392 e. The molecule has 0 heterocycles. The molecule has 0 bridgehead atoms. The van der Waals surface area contributed by atoms with Gasteiger partial charge in [0.25, 0.3) is 0 Å². The van der Waals surface area contributed by atoms with Crippen LogP contribution in [0.3, 0.4) is 0 Å². The minimum atomic E-state index is -0.0949. The zero-order chi connectivity index (χ0) is 7.56. The molecule has 0 aromatic rings. The number of nitrogens with zero attached hydrogens (tertiary/aromatic N) is 1. The van der Waals surface area contributed by atoms with Gasteiger partial charge in [-0.15, -0.1) is 0 Å². The molecule has 0 aromatic carbocycles. The van der Waals surface area contributed by atoms with Crippen molar-refractivity contribution in [3.05, 3.63) is 0 Å². The number of hydrogen-bond donors (Lipinski definition) is 1. The van der Waals surface area contributed by atoms with Crippen molar-refractivity contribution in [2.45, 2.75) is 25.4 Å². The van der Waals surface area contributed by atoms with Gasteiger partial charge in [0.05, 0.1) is 6.10 Å².